The summed E-state index contributed by atoms with van der Waals surface area (Å²) in [6, 6.07) is 3.13. The van der Waals surface area contributed by atoms with E-state index in [1.54, 1.807) is 11.4 Å². The molecule has 4 nitrogen and oxygen atoms in total. The van der Waals surface area contributed by atoms with E-state index in [2.05, 4.69) is 0 Å². The molecule has 1 heterocycles. The number of hydrogen-bond donors (Lipinski definition) is 1. The normalized spacial score (nSPS) is 13.9. The summed E-state index contributed by atoms with van der Waals surface area (Å²) in [7, 11) is -3.58. The van der Waals surface area contributed by atoms with Crippen molar-refractivity contribution in [2.45, 2.75) is 5.25 Å². The fraction of sp³-hybridized carbons (Fsp3) is 0.286. The largest absolute Gasteiger partial charge is 0.480 e. The number of hydrogen-bond acceptors (Lipinski definition) is 4. The van der Waals surface area contributed by atoms with Crippen LogP contribution in [0, 0.1) is 0 Å². The molecule has 0 radical (unpaired) electrons. The Balaban J connectivity index is 3.17. The first kappa shape index (κ1) is 10.2. The molecule has 1 rings (SSSR count). The number of carbonyl (C=O) groups is 1. The molecule has 0 saturated heterocycles. The van der Waals surface area contributed by atoms with Crippen LogP contribution >= 0.6 is 11.3 Å². The molecule has 1 aromatic rings. The maximum absolute atomic E-state index is 11.1. The minimum absolute atomic E-state index is 0.343. The Morgan fingerprint density at radius 1 is 1.62 bits per heavy atom. The summed E-state index contributed by atoms with van der Waals surface area (Å²) in [5, 5.41) is 8.93. The monoisotopic (exact) mass is 220 g/mol. The smallest absolute Gasteiger partial charge is 0.327 e. The topological polar surface area (TPSA) is 71.4 Å². The lowest BCUT2D eigenvalue weighted by molar-refractivity contribution is -0.136. The lowest BCUT2D eigenvalue weighted by atomic mass is 10.3. The lowest BCUT2D eigenvalue weighted by Gasteiger charge is -2.06. The average molecular weight is 220 g/mol. The van der Waals surface area contributed by atoms with Crippen molar-refractivity contribution in [2.75, 3.05) is 6.26 Å². The summed E-state index contributed by atoms with van der Waals surface area (Å²) in [4.78, 5) is 11.0. The standard InChI is InChI=1S/C7H8O4S2/c1-13(10,11)6(7(8)9)5-3-2-4-12-5/h2-4,6H,1H3,(H,8,9). The van der Waals surface area contributed by atoms with Crippen LogP contribution in [0.25, 0.3) is 0 Å². The van der Waals surface area contributed by atoms with E-state index in [1.807, 2.05) is 0 Å². The molecular weight excluding hydrogens is 212 g/mol. The molecule has 1 aromatic heterocycles. The highest BCUT2D eigenvalue weighted by atomic mass is 32.2. The zero-order valence-electron chi connectivity index (χ0n) is 6.80. The molecule has 0 amide bonds. The maximum Gasteiger partial charge on any atom is 0.327 e. The first-order valence-electron chi connectivity index (χ1n) is 3.38. The molecule has 72 valence electrons. The van der Waals surface area contributed by atoms with Gasteiger partial charge in [-0.05, 0) is 11.4 Å². The summed E-state index contributed by atoms with van der Waals surface area (Å²) in [5.41, 5.74) is 0. The van der Waals surface area contributed by atoms with Crippen molar-refractivity contribution >= 4 is 27.1 Å². The third-order valence-electron chi connectivity index (χ3n) is 1.45. The molecule has 0 spiro atoms. The summed E-state index contributed by atoms with van der Waals surface area (Å²) in [6.07, 6.45) is 0.922. The van der Waals surface area contributed by atoms with E-state index in [9.17, 15) is 13.2 Å². The Labute approximate surface area is 79.7 Å². The second-order valence-corrected chi connectivity index (χ2v) is 5.67. The van der Waals surface area contributed by atoms with E-state index in [0.29, 0.717) is 4.88 Å². The Morgan fingerprint density at radius 3 is 2.54 bits per heavy atom. The van der Waals surface area contributed by atoms with Crippen molar-refractivity contribution in [3.8, 4) is 0 Å². The Morgan fingerprint density at radius 2 is 2.23 bits per heavy atom. The first-order chi connectivity index (χ1) is 5.93. The molecule has 0 aliphatic heterocycles. The van der Waals surface area contributed by atoms with Gasteiger partial charge in [0.05, 0.1) is 0 Å². The number of thiophene rings is 1. The van der Waals surface area contributed by atoms with Gasteiger partial charge in [-0.15, -0.1) is 11.3 Å². The third kappa shape index (κ3) is 2.28. The van der Waals surface area contributed by atoms with Gasteiger partial charge in [0, 0.05) is 11.1 Å². The molecular formula is C7H8O4S2. The zero-order chi connectivity index (χ0) is 10.1. The van der Waals surface area contributed by atoms with Crippen LogP contribution in [0.2, 0.25) is 0 Å². The summed E-state index contributed by atoms with van der Waals surface area (Å²) in [5.74, 6) is -1.33. The van der Waals surface area contributed by atoms with E-state index < -0.39 is 21.1 Å². The fourth-order valence-corrected chi connectivity index (χ4v) is 3.21. The quantitative estimate of drug-likeness (QED) is 0.822. The van der Waals surface area contributed by atoms with Gasteiger partial charge in [-0.1, -0.05) is 6.07 Å². The van der Waals surface area contributed by atoms with Crippen molar-refractivity contribution in [1.82, 2.24) is 0 Å². The predicted molar refractivity (Wildman–Crippen MR) is 49.5 cm³/mol. The van der Waals surface area contributed by atoms with Crippen molar-refractivity contribution < 1.29 is 18.3 Å². The van der Waals surface area contributed by atoms with Crippen LogP contribution in [0.1, 0.15) is 10.1 Å². The SMILES string of the molecule is CS(=O)(=O)C(C(=O)O)c1cccs1. The van der Waals surface area contributed by atoms with Crippen LogP contribution < -0.4 is 0 Å². The van der Waals surface area contributed by atoms with Crippen molar-refractivity contribution in [3.63, 3.8) is 0 Å². The van der Waals surface area contributed by atoms with Gasteiger partial charge >= 0.3 is 5.97 Å². The van der Waals surface area contributed by atoms with Gasteiger partial charge in [-0.25, -0.2) is 8.42 Å². The lowest BCUT2D eigenvalue weighted by Crippen LogP contribution is -2.19. The predicted octanol–water partition coefficient (Wildman–Crippen LogP) is 0.918. The van der Waals surface area contributed by atoms with Crippen LogP contribution in [0.4, 0.5) is 0 Å². The van der Waals surface area contributed by atoms with Crippen molar-refractivity contribution in [3.05, 3.63) is 22.4 Å². The van der Waals surface area contributed by atoms with Gasteiger partial charge < -0.3 is 5.11 Å². The van der Waals surface area contributed by atoms with Crippen LogP contribution in [-0.2, 0) is 14.6 Å². The average Bonchev–Trinajstić information content (AvgIpc) is 2.34. The molecule has 0 aromatic carbocycles. The van der Waals surface area contributed by atoms with Gasteiger partial charge in [-0.3, -0.25) is 4.79 Å². The highest BCUT2D eigenvalue weighted by Crippen LogP contribution is 2.25. The van der Waals surface area contributed by atoms with Crippen LogP contribution in [0.5, 0.6) is 0 Å². The van der Waals surface area contributed by atoms with Gasteiger partial charge in [-0.2, -0.15) is 0 Å². The number of carboxylic acids is 1. The molecule has 0 fully saturated rings. The van der Waals surface area contributed by atoms with Crippen LogP contribution in [0.3, 0.4) is 0 Å². The molecule has 13 heavy (non-hydrogen) atoms. The Hall–Kier alpha value is -0.880. The fourth-order valence-electron chi connectivity index (χ4n) is 0.956. The van der Waals surface area contributed by atoms with Crippen LogP contribution in [0.15, 0.2) is 17.5 Å². The maximum atomic E-state index is 11.1. The highest BCUT2D eigenvalue weighted by Gasteiger charge is 2.31. The minimum atomic E-state index is -3.58. The van der Waals surface area contributed by atoms with E-state index in [4.69, 9.17) is 5.11 Å². The molecule has 1 N–H and O–H groups in total. The van der Waals surface area contributed by atoms with Crippen molar-refractivity contribution in [1.29, 1.82) is 0 Å². The molecule has 0 bridgehead atoms. The molecule has 1 atom stereocenters. The van der Waals surface area contributed by atoms with E-state index >= 15 is 0 Å². The third-order valence-corrected chi connectivity index (χ3v) is 3.85. The van der Waals surface area contributed by atoms with E-state index in [1.165, 1.54) is 6.07 Å². The van der Waals surface area contributed by atoms with Gasteiger partial charge in [0.25, 0.3) is 0 Å². The Bertz CT molecular complexity index is 390. The van der Waals surface area contributed by atoms with Gasteiger partial charge in [0.15, 0.2) is 15.1 Å². The number of carboxylic acid groups (broad SMARTS) is 1. The summed E-state index contributed by atoms with van der Waals surface area (Å²) in [6.45, 7) is 0. The summed E-state index contributed by atoms with van der Waals surface area (Å²) >= 11 is 1.13. The van der Waals surface area contributed by atoms with Crippen molar-refractivity contribution in [2.24, 2.45) is 0 Å². The molecule has 0 saturated carbocycles. The molecule has 1 unspecified atom stereocenters. The summed E-state index contributed by atoms with van der Waals surface area (Å²) < 4.78 is 22.2. The second-order valence-electron chi connectivity index (χ2n) is 2.56. The van der Waals surface area contributed by atoms with E-state index in [0.717, 1.165) is 17.6 Å². The number of sulfone groups is 1. The first-order valence-corrected chi connectivity index (χ1v) is 6.21. The minimum Gasteiger partial charge on any atom is -0.480 e. The molecule has 0 aliphatic rings. The number of rotatable bonds is 3. The Kier molecular flexibility index (Phi) is 2.72. The van der Waals surface area contributed by atoms with Crippen LogP contribution in [-0.4, -0.2) is 25.7 Å². The number of aliphatic carboxylic acids is 1. The molecule has 6 heteroatoms. The van der Waals surface area contributed by atoms with Gasteiger partial charge in [0.2, 0.25) is 0 Å². The van der Waals surface area contributed by atoms with E-state index in [-0.39, 0.29) is 0 Å². The highest BCUT2D eigenvalue weighted by molar-refractivity contribution is 7.91. The second kappa shape index (κ2) is 3.47. The van der Waals surface area contributed by atoms with Gasteiger partial charge in [0.1, 0.15) is 0 Å². The molecule has 0 aliphatic carbocycles. The zero-order valence-corrected chi connectivity index (χ0v) is 8.43.